The summed E-state index contributed by atoms with van der Waals surface area (Å²) in [5, 5.41) is 7.24. The normalized spacial score (nSPS) is 25.6. The summed E-state index contributed by atoms with van der Waals surface area (Å²) in [7, 11) is 4.03. The van der Waals surface area contributed by atoms with Gasteiger partial charge in [0, 0.05) is 19.1 Å². The number of piperidine rings is 1. The molecule has 1 aromatic rings. The molecule has 0 spiro atoms. The van der Waals surface area contributed by atoms with E-state index >= 15 is 0 Å². The molecule has 0 radical (unpaired) electrons. The van der Waals surface area contributed by atoms with E-state index in [1.54, 1.807) is 0 Å². The smallest absolute Gasteiger partial charge is 0.244 e. The maximum Gasteiger partial charge on any atom is 0.244 e. The summed E-state index contributed by atoms with van der Waals surface area (Å²) >= 11 is 0. The van der Waals surface area contributed by atoms with Crippen molar-refractivity contribution >= 4 is 5.95 Å². The van der Waals surface area contributed by atoms with Gasteiger partial charge in [-0.15, -0.1) is 5.10 Å². The number of H-pyrrole nitrogens is 1. The molecule has 96 valence electrons. The van der Waals surface area contributed by atoms with Crippen LogP contribution in [0.1, 0.15) is 19.2 Å². The third-order valence-corrected chi connectivity index (χ3v) is 3.29. The van der Waals surface area contributed by atoms with Crippen molar-refractivity contribution < 1.29 is 0 Å². The van der Waals surface area contributed by atoms with Gasteiger partial charge < -0.3 is 15.5 Å². The maximum absolute atomic E-state index is 6.08. The standard InChI is InChI=1S/C11H22N6/c1-8-4-5-17(6-9(8)12)11-13-10(14-15-11)7-16(2)3/h8-9H,4-7,12H2,1-3H3,(H,13,14,15). The van der Waals surface area contributed by atoms with Crippen molar-refractivity contribution in [1.29, 1.82) is 0 Å². The van der Waals surface area contributed by atoms with Crippen molar-refractivity contribution in [2.45, 2.75) is 25.9 Å². The third-order valence-electron chi connectivity index (χ3n) is 3.29. The molecule has 0 saturated carbocycles. The second-order valence-electron chi connectivity index (χ2n) is 5.20. The van der Waals surface area contributed by atoms with Crippen LogP contribution in [0.15, 0.2) is 0 Å². The SMILES string of the molecule is CC1CCN(c2n[nH]c(CN(C)C)n2)CC1N. The lowest BCUT2D eigenvalue weighted by Gasteiger charge is -2.34. The molecule has 1 aliphatic rings. The van der Waals surface area contributed by atoms with Gasteiger partial charge in [-0.05, 0) is 26.4 Å². The minimum absolute atomic E-state index is 0.222. The molecule has 6 nitrogen and oxygen atoms in total. The second-order valence-corrected chi connectivity index (χ2v) is 5.20. The Labute approximate surface area is 102 Å². The van der Waals surface area contributed by atoms with Crippen LogP contribution in [0.25, 0.3) is 0 Å². The fourth-order valence-electron chi connectivity index (χ4n) is 2.08. The number of nitrogens with one attached hydrogen (secondary N) is 1. The molecule has 6 heteroatoms. The molecule has 1 aliphatic heterocycles. The molecule has 1 saturated heterocycles. The Morgan fingerprint density at radius 3 is 2.94 bits per heavy atom. The van der Waals surface area contributed by atoms with E-state index in [0.717, 1.165) is 37.8 Å². The summed E-state index contributed by atoms with van der Waals surface area (Å²) in [5.41, 5.74) is 6.08. The Kier molecular flexibility index (Phi) is 3.63. The number of aromatic nitrogens is 3. The summed E-state index contributed by atoms with van der Waals surface area (Å²) in [4.78, 5) is 8.73. The molecule has 2 rings (SSSR count). The van der Waals surface area contributed by atoms with Gasteiger partial charge in [-0.2, -0.15) is 4.98 Å². The van der Waals surface area contributed by atoms with Gasteiger partial charge in [0.2, 0.25) is 5.95 Å². The predicted octanol–water partition coefficient (Wildman–Crippen LogP) is 0.0398. The zero-order valence-corrected chi connectivity index (χ0v) is 10.8. The summed E-state index contributed by atoms with van der Waals surface area (Å²) in [6.45, 7) is 4.83. The maximum atomic E-state index is 6.08. The van der Waals surface area contributed by atoms with Crippen LogP contribution in [-0.2, 0) is 6.54 Å². The van der Waals surface area contributed by atoms with Crippen molar-refractivity contribution in [1.82, 2.24) is 20.1 Å². The lowest BCUT2D eigenvalue weighted by Crippen LogP contribution is -2.48. The average molecular weight is 238 g/mol. The molecule has 0 aromatic carbocycles. The average Bonchev–Trinajstić information content (AvgIpc) is 2.69. The number of hydrogen-bond donors (Lipinski definition) is 2. The number of hydrogen-bond acceptors (Lipinski definition) is 5. The Hall–Kier alpha value is -1.14. The molecule has 0 aliphatic carbocycles. The van der Waals surface area contributed by atoms with Crippen LogP contribution in [0.5, 0.6) is 0 Å². The van der Waals surface area contributed by atoms with Gasteiger partial charge in [-0.25, -0.2) is 0 Å². The zero-order chi connectivity index (χ0) is 12.4. The Morgan fingerprint density at radius 1 is 1.53 bits per heavy atom. The van der Waals surface area contributed by atoms with Gasteiger partial charge in [-0.3, -0.25) is 5.10 Å². The summed E-state index contributed by atoms with van der Waals surface area (Å²) < 4.78 is 0. The van der Waals surface area contributed by atoms with E-state index in [-0.39, 0.29) is 6.04 Å². The number of nitrogens with zero attached hydrogens (tertiary/aromatic N) is 4. The third kappa shape index (κ3) is 2.95. The van der Waals surface area contributed by atoms with Crippen LogP contribution in [0.2, 0.25) is 0 Å². The highest BCUT2D eigenvalue weighted by atomic mass is 15.4. The number of nitrogens with two attached hydrogens (primary N) is 1. The molecule has 2 unspecified atom stereocenters. The fourth-order valence-corrected chi connectivity index (χ4v) is 2.08. The van der Waals surface area contributed by atoms with E-state index in [9.17, 15) is 0 Å². The summed E-state index contributed by atoms with van der Waals surface area (Å²) in [6, 6.07) is 0.222. The molecule has 0 amide bonds. The molecule has 1 fully saturated rings. The van der Waals surface area contributed by atoms with Gasteiger partial charge in [0.15, 0.2) is 0 Å². The molecular formula is C11H22N6. The van der Waals surface area contributed by atoms with Crippen LogP contribution in [0.3, 0.4) is 0 Å². The predicted molar refractivity (Wildman–Crippen MR) is 67.7 cm³/mol. The minimum atomic E-state index is 0.222. The molecular weight excluding hydrogens is 216 g/mol. The van der Waals surface area contributed by atoms with E-state index in [0.29, 0.717) is 5.92 Å². The quantitative estimate of drug-likeness (QED) is 0.778. The van der Waals surface area contributed by atoms with Crippen LogP contribution in [-0.4, -0.2) is 53.3 Å². The first-order chi connectivity index (χ1) is 8.06. The molecule has 2 heterocycles. The Morgan fingerprint density at radius 2 is 2.29 bits per heavy atom. The summed E-state index contributed by atoms with van der Waals surface area (Å²) in [5.74, 6) is 2.27. The van der Waals surface area contributed by atoms with E-state index < -0.39 is 0 Å². The monoisotopic (exact) mass is 238 g/mol. The lowest BCUT2D eigenvalue weighted by atomic mass is 9.95. The minimum Gasteiger partial charge on any atom is -0.338 e. The van der Waals surface area contributed by atoms with E-state index in [1.807, 2.05) is 14.1 Å². The summed E-state index contributed by atoms with van der Waals surface area (Å²) in [6.07, 6.45) is 1.11. The first-order valence-electron chi connectivity index (χ1n) is 6.13. The van der Waals surface area contributed by atoms with Crippen molar-refractivity contribution in [3.63, 3.8) is 0 Å². The second kappa shape index (κ2) is 5.01. The molecule has 3 N–H and O–H groups in total. The van der Waals surface area contributed by atoms with Crippen molar-refractivity contribution in [2.24, 2.45) is 11.7 Å². The van der Waals surface area contributed by atoms with Gasteiger partial charge in [0.1, 0.15) is 5.82 Å². The van der Waals surface area contributed by atoms with Crippen LogP contribution < -0.4 is 10.6 Å². The molecule has 0 bridgehead atoms. The number of rotatable bonds is 3. The number of aromatic amines is 1. The van der Waals surface area contributed by atoms with Gasteiger partial charge in [0.25, 0.3) is 0 Å². The van der Waals surface area contributed by atoms with Gasteiger partial charge in [-0.1, -0.05) is 6.92 Å². The fraction of sp³-hybridized carbons (Fsp3) is 0.818. The molecule has 17 heavy (non-hydrogen) atoms. The first kappa shape index (κ1) is 12.3. The highest BCUT2D eigenvalue weighted by molar-refractivity contribution is 5.30. The molecule has 1 aromatic heterocycles. The Bertz CT molecular complexity index is 361. The van der Waals surface area contributed by atoms with Crippen molar-refractivity contribution in [3.8, 4) is 0 Å². The molecule has 2 atom stereocenters. The topological polar surface area (TPSA) is 74.1 Å². The largest absolute Gasteiger partial charge is 0.338 e. The van der Waals surface area contributed by atoms with Gasteiger partial charge >= 0.3 is 0 Å². The van der Waals surface area contributed by atoms with Crippen LogP contribution in [0, 0.1) is 5.92 Å². The lowest BCUT2D eigenvalue weighted by molar-refractivity contribution is 0.376. The Balaban J connectivity index is 2.00. The zero-order valence-electron chi connectivity index (χ0n) is 10.8. The first-order valence-corrected chi connectivity index (χ1v) is 6.13. The van der Waals surface area contributed by atoms with Crippen molar-refractivity contribution in [2.75, 3.05) is 32.1 Å². The van der Waals surface area contributed by atoms with E-state index in [2.05, 4.69) is 31.9 Å². The van der Waals surface area contributed by atoms with E-state index in [4.69, 9.17) is 5.73 Å². The highest BCUT2D eigenvalue weighted by Gasteiger charge is 2.25. The number of anilines is 1. The highest BCUT2D eigenvalue weighted by Crippen LogP contribution is 2.19. The van der Waals surface area contributed by atoms with Crippen LogP contribution in [0.4, 0.5) is 5.95 Å². The van der Waals surface area contributed by atoms with E-state index in [1.165, 1.54) is 0 Å². The van der Waals surface area contributed by atoms with Crippen molar-refractivity contribution in [3.05, 3.63) is 5.82 Å². The van der Waals surface area contributed by atoms with Crippen LogP contribution >= 0.6 is 0 Å². The van der Waals surface area contributed by atoms with Gasteiger partial charge in [0.05, 0.1) is 6.54 Å².